The van der Waals surface area contributed by atoms with Gasteiger partial charge in [-0.25, -0.2) is 4.99 Å². The van der Waals surface area contributed by atoms with Crippen molar-refractivity contribution in [2.24, 2.45) is 4.99 Å². The first-order valence-electron chi connectivity index (χ1n) is 7.02. The molecule has 0 bridgehead atoms. The van der Waals surface area contributed by atoms with E-state index in [4.69, 9.17) is 9.84 Å². The number of aryl methyl sites for hydroxylation is 1. The summed E-state index contributed by atoms with van der Waals surface area (Å²) in [4.78, 5) is 4.44. The molecule has 0 aliphatic carbocycles. The molecule has 1 rings (SSSR count). The zero-order valence-corrected chi connectivity index (χ0v) is 12.5. The maximum absolute atomic E-state index is 8.82. The Kier molecular flexibility index (Phi) is 7.50. The Labute approximate surface area is 121 Å². The summed E-state index contributed by atoms with van der Waals surface area (Å²) in [6.07, 6.45) is -0.0133. The smallest absolute Gasteiger partial charge is 0.191 e. The number of hydrogen-bond donors (Lipinski definition) is 3. The zero-order chi connectivity index (χ0) is 14.8. The average Bonchev–Trinajstić information content (AvgIpc) is 2.44. The lowest BCUT2D eigenvalue weighted by Gasteiger charge is -2.16. The summed E-state index contributed by atoms with van der Waals surface area (Å²) in [5.74, 6) is 1.59. The Morgan fingerprint density at radius 1 is 1.35 bits per heavy atom. The second kappa shape index (κ2) is 9.20. The number of hydrogen-bond acceptors (Lipinski definition) is 3. The van der Waals surface area contributed by atoms with Gasteiger partial charge in [0.2, 0.25) is 0 Å². The number of aliphatic hydroxyl groups is 1. The standard InChI is InChI=1S/C15H25N3O2/c1-4-16-15(17-9-10-19)18-11-13(3)20-14-8-6-5-7-12(14)2/h5-8,13,19H,4,9-11H2,1-3H3,(H2,16,17,18). The van der Waals surface area contributed by atoms with E-state index in [1.807, 2.05) is 45.0 Å². The van der Waals surface area contributed by atoms with Gasteiger partial charge in [-0.2, -0.15) is 0 Å². The zero-order valence-electron chi connectivity index (χ0n) is 12.5. The summed E-state index contributed by atoms with van der Waals surface area (Å²) in [6, 6.07) is 7.95. The highest BCUT2D eigenvalue weighted by Crippen LogP contribution is 2.17. The molecule has 1 aromatic rings. The highest BCUT2D eigenvalue weighted by atomic mass is 16.5. The molecule has 0 fully saturated rings. The molecule has 1 unspecified atom stereocenters. The maximum atomic E-state index is 8.82. The number of rotatable bonds is 7. The van der Waals surface area contributed by atoms with Gasteiger partial charge < -0.3 is 20.5 Å². The molecule has 0 heterocycles. The number of aliphatic imine (C=N–C) groups is 1. The lowest BCUT2D eigenvalue weighted by molar-refractivity contribution is 0.228. The second-order valence-electron chi connectivity index (χ2n) is 4.56. The largest absolute Gasteiger partial charge is 0.489 e. The summed E-state index contributed by atoms with van der Waals surface area (Å²) >= 11 is 0. The number of guanidine groups is 1. The summed E-state index contributed by atoms with van der Waals surface area (Å²) in [7, 11) is 0. The van der Waals surface area contributed by atoms with E-state index in [-0.39, 0.29) is 12.7 Å². The first-order chi connectivity index (χ1) is 9.67. The van der Waals surface area contributed by atoms with Crippen molar-refractivity contribution in [2.45, 2.75) is 26.9 Å². The molecule has 5 heteroatoms. The van der Waals surface area contributed by atoms with Crippen molar-refractivity contribution < 1.29 is 9.84 Å². The first-order valence-corrected chi connectivity index (χ1v) is 7.02. The lowest BCUT2D eigenvalue weighted by Crippen LogP contribution is -2.39. The predicted molar refractivity (Wildman–Crippen MR) is 82.3 cm³/mol. The van der Waals surface area contributed by atoms with Crippen LogP contribution in [0.5, 0.6) is 5.75 Å². The summed E-state index contributed by atoms with van der Waals surface area (Å²) in [5.41, 5.74) is 1.12. The number of ether oxygens (including phenoxy) is 1. The van der Waals surface area contributed by atoms with Crippen LogP contribution in [0, 0.1) is 6.92 Å². The third-order valence-electron chi connectivity index (χ3n) is 2.68. The topological polar surface area (TPSA) is 65.9 Å². The molecular weight excluding hydrogens is 254 g/mol. The van der Waals surface area contributed by atoms with E-state index in [2.05, 4.69) is 15.6 Å². The van der Waals surface area contributed by atoms with E-state index in [0.29, 0.717) is 19.0 Å². The summed E-state index contributed by atoms with van der Waals surface area (Å²) in [6.45, 7) is 7.92. The van der Waals surface area contributed by atoms with E-state index in [0.717, 1.165) is 17.9 Å². The Bertz CT molecular complexity index is 421. The van der Waals surface area contributed by atoms with Crippen LogP contribution in [0.15, 0.2) is 29.3 Å². The van der Waals surface area contributed by atoms with Gasteiger partial charge in [0.15, 0.2) is 5.96 Å². The number of para-hydroxylation sites is 1. The van der Waals surface area contributed by atoms with Gasteiger partial charge >= 0.3 is 0 Å². The van der Waals surface area contributed by atoms with Crippen LogP contribution in [0.2, 0.25) is 0 Å². The second-order valence-corrected chi connectivity index (χ2v) is 4.56. The minimum atomic E-state index is -0.0133. The van der Waals surface area contributed by atoms with Crippen molar-refractivity contribution in [3.63, 3.8) is 0 Å². The van der Waals surface area contributed by atoms with Crippen LogP contribution in [-0.2, 0) is 0 Å². The Hall–Kier alpha value is -1.75. The number of aliphatic hydroxyl groups excluding tert-OH is 1. The molecule has 1 atom stereocenters. The van der Waals surface area contributed by atoms with Gasteiger partial charge in [0, 0.05) is 13.1 Å². The van der Waals surface area contributed by atoms with Crippen LogP contribution in [0.3, 0.4) is 0 Å². The quantitative estimate of drug-likeness (QED) is 0.520. The molecule has 0 aliphatic rings. The van der Waals surface area contributed by atoms with Crippen LogP contribution >= 0.6 is 0 Å². The van der Waals surface area contributed by atoms with Gasteiger partial charge in [-0.05, 0) is 32.4 Å². The predicted octanol–water partition coefficient (Wildman–Crippen LogP) is 1.31. The van der Waals surface area contributed by atoms with Crippen LogP contribution in [0.1, 0.15) is 19.4 Å². The minimum absolute atomic E-state index is 0.0133. The maximum Gasteiger partial charge on any atom is 0.191 e. The SMILES string of the molecule is CCNC(=NCC(C)Oc1ccccc1C)NCCO. The van der Waals surface area contributed by atoms with Crippen LogP contribution in [0.25, 0.3) is 0 Å². The molecule has 0 saturated carbocycles. The van der Waals surface area contributed by atoms with Gasteiger partial charge in [0.25, 0.3) is 0 Å². The molecule has 0 saturated heterocycles. The van der Waals surface area contributed by atoms with Crippen molar-refractivity contribution in [1.82, 2.24) is 10.6 Å². The molecule has 0 aromatic heterocycles. The van der Waals surface area contributed by atoms with Crippen LogP contribution in [-0.4, -0.2) is 43.4 Å². The highest BCUT2D eigenvalue weighted by molar-refractivity contribution is 5.79. The number of benzene rings is 1. The van der Waals surface area contributed by atoms with Crippen molar-refractivity contribution >= 4 is 5.96 Å². The lowest BCUT2D eigenvalue weighted by atomic mass is 10.2. The third kappa shape index (κ3) is 5.93. The van der Waals surface area contributed by atoms with Crippen molar-refractivity contribution in [3.05, 3.63) is 29.8 Å². The Balaban J connectivity index is 2.51. The van der Waals surface area contributed by atoms with Crippen molar-refractivity contribution in [3.8, 4) is 5.75 Å². The van der Waals surface area contributed by atoms with E-state index < -0.39 is 0 Å². The Morgan fingerprint density at radius 2 is 2.10 bits per heavy atom. The highest BCUT2D eigenvalue weighted by Gasteiger charge is 2.06. The van der Waals surface area contributed by atoms with Crippen molar-refractivity contribution in [2.75, 3.05) is 26.2 Å². The molecule has 3 N–H and O–H groups in total. The molecule has 0 radical (unpaired) electrons. The van der Waals surface area contributed by atoms with E-state index in [1.54, 1.807) is 0 Å². The van der Waals surface area contributed by atoms with E-state index >= 15 is 0 Å². The summed E-state index contributed by atoms with van der Waals surface area (Å²) < 4.78 is 5.87. The fourth-order valence-corrected chi connectivity index (χ4v) is 1.68. The van der Waals surface area contributed by atoms with Crippen LogP contribution in [0.4, 0.5) is 0 Å². The monoisotopic (exact) mass is 279 g/mol. The Morgan fingerprint density at radius 3 is 2.75 bits per heavy atom. The number of nitrogens with one attached hydrogen (secondary N) is 2. The molecule has 1 aromatic carbocycles. The normalized spacial score (nSPS) is 12.9. The molecule has 0 aliphatic heterocycles. The summed E-state index contributed by atoms with van der Waals surface area (Å²) in [5, 5.41) is 15.0. The first kappa shape index (κ1) is 16.3. The molecule has 0 spiro atoms. The van der Waals surface area contributed by atoms with Gasteiger partial charge in [0.05, 0.1) is 13.2 Å². The van der Waals surface area contributed by atoms with E-state index in [1.165, 1.54) is 0 Å². The molecule has 5 nitrogen and oxygen atoms in total. The molecule has 20 heavy (non-hydrogen) atoms. The fraction of sp³-hybridized carbons (Fsp3) is 0.533. The fourth-order valence-electron chi connectivity index (χ4n) is 1.68. The van der Waals surface area contributed by atoms with Gasteiger partial charge in [-0.3, -0.25) is 0 Å². The van der Waals surface area contributed by atoms with Gasteiger partial charge in [-0.1, -0.05) is 18.2 Å². The van der Waals surface area contributed by atoms with E-state index in [9.17, 15) is 0 Å². The minimum Gasteiger partial charge on any atom is -0.489 e. The van der Waals surface area contributed by atoms with Crippen molar-refractivity contribution in [1.29, 1.82) is 0 Å². The average molecular weight is 279 g/mol. The van der Waals surface area contributed by atoms with Gasteiger partial charge in [0.1, 0.15) is 11.9 Å². The van der Waals surface area contributed by atoms with Gasteiger partial charge in [-0.15, -0.1) is 0 Å². The molecular formula is C15H25N3O2. The van der Waals surface area contributed by atoms with Crippen LogP contribution < -0.4 is 15.4 Å². The molecule has 0 amide bonds. The molecule has 112 valence electrons. The number of nitrogens with zero attached hydrogens (tertiary/aromatic N) is 1. The third-order valence-corrected chi connectivity index (χ3v) is 2.68.